The van der Waals surface area contributed by atoms with E-state index >= 15 is 0 Å². The number of hydrogen-bond donors (Lipinski definition) is 2. The van der Waals surface area contributed by atoms with Crippen LogP contribution in [0.1, 0.15) is 44.3 Å². The van der Waals surface area contributed by atoms with Crippen LogP contribution in [0.15, 0.2) is 18.2 Å². The summed E-state index contributed by atoms with van der Waals surface area (Å²) in [5.41, 5.74) is 2.64. The summed E-state index contributed by atoms with van der Waals surface area (Å²) in [5.74, 6) is 2.47. The Morgan fingerprint density at radius 3 is 2.76 bits per heavy atom. The Kier molecular flexibility index (Phi) is 7.72. The SMILES string of the molecule is Cc1nnc2c(NCCCCNC3CCCC3)nc3cc(OCCN4CCOCC4)ccc3n12. The van der Waals surface area contributed by atoms with Gasteiger partial charge in [-0.05, 0) is 51.3 Å². The Morgan fingerprint density at radius 1 is 1.09 bits per heavy atom. The summed E-state index contributed by atoms with van der Waals surface area (Å²) in [6.45, 7) is 9.04. The number of nitrogens with zero attached hydrogens (tertiary/aromatic N) is 5. The zero-order valence-electron chi connectivity index (χ0n) is 20.3. The molecule has 9 heteroatoms. The highest BCUT2D eigenvalue weighted by Crippen LogP contribution is 2.25. The van der Waals surface area contributed by atoms with Crippen molar-refractivity contribution in [3.05, 3.63) is 24.0 Å². The van der Waals surface area contributed by atoms with Gasteiger partial charge < -0.3 is 20.1 Å². The second-order valence-electron chi connectivity index (χ2n) is 9.39. The van der Waals surface area contributed by atoms with Crippen molar-refractivity contribution in [3.63, 3.8) is 0 Å². The molecule has 5 rings (SSSR count). The van der Waals surface area contributed by atoms with Gasteiger partial charge in [-0.1, -0.05) is 12.8 Å². The molecule has 0 amide bonds. The molecule has 34 heavy (non-hydrogen) atoms. The molecular weight excluding hydrogens is 430 g/mol. The van der Waals surface area contributed by atoms with Crippen molar-refractivity contribution < 1.29 is 9.47 Å². The van der Waals surface area contributed by atoms with Gasteiger partial charge in [-0.3, -0.25) is 9.30 Å². The van der Waals surface area contributed by atoms with Crippen molar-refractivity contribution in [1.82, 2.24) is 29.8 Å². The molecule has 3 heterocycles. The van der Waals surface area contributed by atoms with Gasteiger partial charge in [0.05, 0.1) is 24.2 Å². The van der Waals surface area contributed by atoms with Gasteiger partial charge in [0.2, 0.25) is 5.65 Å². The molecule has 1 aliphatic heterocycles. The highest BCUT2D eigenvalue weighted by atomic mass is 16.5. The summed E-state index contributed by atoms with van der Waals surface area (Å²) >= 11 is 0. The molecule has 0 radical (unpaired) electrons. The van der Waals surface area contributed by atoms with Crippen molar-refractivity contribution in [2.24, 2.45) is 0 Å². The fourth-order valence-corrected chi connectivity index (χ4v) is 4.98. The van der Waals surface area contributed by atoms with E-state index in [0.29, 0.717) is 6.61 Å². The second kappa shape index (κ2) is 11.3. The molecule has 0 spiro atoms. The lowest BCUT2D eigenvalue weighted by atomic mass is 10.2. The van der Waals surface area contributed by atoms with E-state index in [9.17, 15) is 0 Å². The van der Waals surface area contributed by atoms with Gasteiger partial charge in [0.15, 0.2) is 5.82 Å². The van der Waals surface area contributed by atoms with Gasteiger partial charge in [-0.15, -0.1) is 10.2 Å². The lowest BCUT2D eigenvalue weighted by Gasteiger charge is -2.26. The third-order valence-electron chi connectivity index (χ3n) is 6.92. The van der Waals surface area contributed by atoms with Gasteiger partial charge in [-0.25, -0.2) is 4.98 Å². The van der Waals surface area contributed by atoms with E-state index in [1.54, 1.807) is 0 Å². The predicted molar refractivity (Wildman–Crippen MR) is 134 cm³/mol. The number of nitrogens with one attached hydrogen (secondary N) is 2. The quantitative estimate of drug-likeness (QED) is 0.416. The molecule has 0 bridgehead atoms. The maximum Gasteiger partial charge on any atom is 0.204 e. The number of anilines is 1. The minimum Gasteiger partial charge on any atom is -0.492 e. The Hall–Kier alpha value is -2.49. The van der Waals surface area contributed by atoms with Crippen molar-refractivity contribution in [2.75, 3.05) is 57.9 Å². The van der Waals surface area contributed by atoms with Crippen LogP contribution in [0, 0.1) is 6.92 Å². The molecular formula is C25H37N7O2. The number of morpholine rings is 1. The number of aromatic nitrogens is 4. The Labute approximate surface area is 201 Å². The van der Waals surface area contributed by atoms with Crippen LogP contribution < -0.4 is 15.4 Å². The lowest BCUT2D eigenvalue weighted by molar-refractivity contribution is 0.0322. The van der Waals surface area contributed by atoms with Crippen molar-refractivity contribution >= 4 is 22.5 Å². The van der Waals surface area contributed by atoms with Crippen molar-refractivity contribution in [1.29, 1.82) is 0 Å². The summed E-state index contributed by atoms with van der Waals surface area (Å²) in [4.78, 5) is 7.27. The van der Waals surface area contributed by atoms with Crippen LogP contribution in [0.25, 0.3) is 16.7 Å². The van der Waals surface area contributed by atoms with Crippen LogP contribution in [0.4, 0.5) is 5.82 Å². The standard InChI is InChI=1S/C25H37N7O2/c1-19-29-30-25-24(27-11-5-4-10-26-20-6-2-3-7-20)28-22-18-21(8-9-23(22)32(19)25)34-17-14-31-12-15-33-16-13-31/h8-9,18,20,26H,2-7,10-17H2,1H3,(H,27,28). The number of hydrogen-bond acceptors (Lipinski definition) is 8. The molecule has 1 aliphatic carbocycles. The molecule has 1 aromatic carbocycles. The third kappa shape index (κ3) is 5.59. The summed E-state index contributed by atoms with van der Waals surface area (Å²) in [5, 5.41) is 15.9. The van der Waals surface area contributed by atoms with Gasteiger partial charge >= 0.3 is 0 Å². The maximum absolute atomic E-state index is 6.06. The van der Waals surface area contributed by atoms with Crippen LogP contribution in [0.5, 0.6) is 5.75 Å². The number of unbranched alkanes of at least 4 members (excludes halogenated alkanes) is 1. The maximum atomic E-state index is 6.06. The topological polar surface area (TPSA) is 88.8 Å². The minimum atomic E-state index is 0.652. The monoisotopic (exact) mass is 467 g/mol. The van der Waals surface area contributed by atoms with Gasteiger partial charge in [-0.2, -0.15) is 0 Å². The first-order chi connectivity index (χ1) is 16.8. The molecule has 2 fully saturated rings. The van der Waals surface area contributed by atoms with Crippen molar-refractivity contribution in [2.45, 2.75) is 51.5 Å². The van der Waals surface area contributed by atoms with E-state index in [1.807, 2.05) is 25.1 Å². The summed E-state index contributed by atoms with van der Waals surface area (Å²) in [6, 6.07) is 6.81. The van der Waals surface area contributed by atoms with Gasteiger partial charge in [0, 0.05) is 38.3 Å². The molecule has 2 aliphatic rings. The molecule has 3 aromatic rings. The fraction of sp³-hybridized carbons (Fsp3) is 0.640. The van der Waals surface area contributed by atoms with E-state index in [0.717, 1.165) is 98.9 Å². The van der Waals surface area contributed by atoms with Crippen LogP contribution in [0.3, 0.4) is 0 Å². The first-order valence-electron chi connectivity index (χ1n) is 12.8. The Bertz CT molecular complexity index is 1070. The lowest BCUT2D eigenvalue weighted by Crippen LogP contribution is -2.38. The smallest absolute Gasteiger partial charge is 0.204 e. The minimum absolute atomic E-state index is 0.652. The summed E-state index contributed by atoms with van der Waals surface area (Å²) in [7, 11) is 0. The number of benzene rings is 1. The van der Waals surface area contributed by atoms with E-state index in [4.69, 9.17) is 14.5 Å². The van der Waals surface area contributed by atoms with Crippen LogP contribution in [-0.4, -0.2) is 83.1 Å². The zero-order valence-corrected chi connectivity index (χ0v) is 20.3. The molecule has 9 nitrogen and oxygen atoms in total. The van der Waals surface area contributed by atoms with E-state index in [-0.39, 0.29) is 0 Å². The molecule has 0 atom stereocenters. The van der Waals surface area contributed by atoms with Gasteiger partial charge in [0.1, 0.15) is 18.2 Å². The van der Waals surface area contributed by atoms with Gasteiger partial charge in [0.25, 0.3) is 0 Å². The summed E-state index contributed by atoms with van der Waals surface area (Å²) < 4.78 is 13.5. The third-order valence-corrected chi connectivity index (χ3v) is 6.92. The normalized spacial score (nSPS) is 17.7. The fourth-order valence-electron chi connectivity index (χ4n) is 4.98. The highest BCUT2D eigenvalue weighted by molar-refractivity contribution is 5.84. The highest BCUT2D eigenvalue weighted by Gasteiger charge is 2.15. The molecule has 1 saturated carbocycles. The van der Waals surface area contributed by atoms with Crippen molar-refractivity contribution in [3.8, 4) is 5.75 Å². The molecule has 2 N–H and O–H groups in total. The molecule has 184 valence electrons. The first kappa shape index (κ1) is 23.3. The molecule has 0 unspecified atom stereocenters. The largest absolute Gasteiger partial charge is 0.492 e. The number of ether oxygens (including phenoxy) is 2. The molecule has 1 saturated heterocycles. The molecule has 2 aromatic heterocycles. The number of fused-ring (bicyclic) bond motifs is 3. The van der Waals surface area contributed by atoms with Crippen LogP contribution >= 0.6 is 0 Å². The number of aryl methyl sites for hydroxylation is 1. The summed E-state index contributed by atoms with van der Waals surface area (Å²) in [6.07, 6.45) is 7.66. The van der Waals surface area contributed by atoms with E-state index in [2.05, 4.69) is 30.1 Å². The van der Waals surface area contributed by atoms with E-state index in [1.165, 1.54) is 25.7 Å². The Morgan fingerprint density at radius 2 is 1.91 bits per heavy atom. The average Bonchev–Trinajstić information content (AvgIpc) is 3.52. The first-order valence-corrected chi connectivity index (χ1v) is 12.8. The average molecular weight is 468 g/mol. The number of rotatable bonds is 11. The Balaban J connectivity index is 1.21. The predicted octanol–water partition coefficient (Wildman–Crippen LogP) is 3.02. The second-order valence-corrected chi connectivity index (χ2v) is 9.39. The zero-order chi connectivity index (χ0) is 23.2. The van der Waals surface area contributed by atoms with Crippen LogP contribution in [-0.2, 0) is 4.74 Å². The van der Waals surface area contributed by atoms with E-state index < -0.39 is 0 Å². The van der Waals surface area contributed by atoms with Crippen LogP contribution in [0.2, 0.25) is 0 Å².